The number of rotatable bonds is 6. The third-order valence-corrected chi connectivity index (χ3v) is 5.97. The van der Waals surface area contributed by atoms with Crippen LogP contribution in [0.2, 0.25) is 0 Å². The van der Waals surface area contributed by atoms with Gasteiger partial charge in [-0.05, 0) is 38.1 Å². The van der Waals surface area contributed by atoms with E-state index in [0.29, 0.717) is 5.92 Å². The Kier molecular flexibility index (Phi) is 6.47. The lowest BCUT2D eigenvalue weighted by Gasteiger charge is -2.36. The molecule has 2 saturated heterocycles. The zero-order valence-corrected chi connectivity index (χ0v) is 17.6. The number of hydrogen-bond donors (Lipinski definition) is 1. The molecule has 5 nitrogen and oxygen atoms in total. The second-order valence-electron chi connectivity index (χ2n) is 8.01. The van der Waals surface area contributed by atoms with E-state index in [2.05, 4.69) is 52.4 Å². The lowest BCUT2D eigenvalue weighted by atomic mass is 10.0. The SMILES string of the molecule is COc1ccccc1/C=C/CN1CCN(c2cc(C)nc([C@H]3CCNC3)c2)CC1. The number of pyridine rings is 1. The van der Waals surface area contributed by atoms with Crippen molar-refractivity contribution in [3.8, 4) is 5.75 Å². The summed E-state index contributed by atoms with van der Waals surface area (Å²) < 4.78 is 5.43. The van der Waals surface area contributed by atoms with Gasteiger partial charge in [-0.25, -0.2) is 0 Å². The predicted octanol–water partition coefficient (Wildman–Crippen LogP) is 3.31. The van der Waals surface area contributed by atoms with Crippen LogP contribution in [0, 0.1) is 6.92 Å². The van der Waals surface area contributed by atoms with E-state index in [1.807, 2.05) is 18.2 Å². The van der Waals surface area contributed by atoms with Gasteiger partial charge in [-0.15, -0.1) is 0 Å². The maximum absolute atomic E-state index is 5.43. The van der Waals surface area contributed by atoms with Gasteiger partial charge in [0.15, 0.2) is 0 Å². The molecule has 2 aliphatic heterocycles. The van der Waals surface area contributed by atoms with Crippen LogP contribution in [0.5, 0.6) is 5.75 Å². The Balaban J connectivity index is 1.33. The molecule has 0 saturated carbocycles. The minimum Gasteiger partial charge on any atom is -0.496 e. The highest BCUT2D eigenvalue weighted by atomic mass is 16.5. The van der Waals surface area contributed by atoms with Crippen molar-refractivity contribution >= 4 is 11.8 Å². The largest absolute Gasteiger partial charge is 0.496 e. The quantitative estimate of drug-likeness (QED) is 0.817. The number of nitrogens with zero attached hydrogens (tertiary/aromatic N) is 3. The minimum atomic E-state index is 0.565. The molecule has 29 heavy (non-hydrogen) atoms. The van der Waals surface area contributed by atoms with Crippen molar-refractivity contribution < 1.29 is 4.74 Å². The number of benzene rings is 1. The molecule has 0 radical (unpaired) electrons. The first-order valence-corrected chi connectivity index (χ1v) is 10.7. The molecule has 0 amide bonds. The Morgan fingerprint density at radius 1 is 1.17 bits per heavy atom. The highest BCUT2D eigenvalue weighted by Gasteiger charge is 2.21. The summed E-state index contributed by atoms with van der Waals surface area (Å²) in [6, 6.07) is 12.7. The third kappa shape index (κ3) is 4.98. The lowest BCUT2D eigenvalue weighted by Crippen LogP contribution is -2.46. The number of hydrogen-bond acceptors (Lipinski definition) is 5. The van der Waals surface area contributed by atoms with Crippen molar-refractivity contribution in [3.63, 3.8) is 0 Å². The van der Waals surface area contributed by atoms with Crippen molar-refractivity contribution in [2.45, 2.75) is 19.3 Å². The van der Waals surface area contributed by atoms with Crippen molar-refractivity contribution in [1.29, 1.82) is 0 Å². The maximum atomic E-state index is 5.43. The number of para-hydroxylation sites is 1. The fraction of sp³-hybridized carbons (Fsp3) is 0.458. The molecule has 0 aliphatic carbocycles. The van der Waals surface area contributed by atoms with Crippen LogP contribution in [-0.4, -0.2) is 62.8 Å². The average molecular weight is 393 g/mol. The molecule has 4 rings (SSSR count). The molecule has 3 heterocycles. The molecule has 2 aromatic rings. The normalized spacial score (nSPS) is 20.5. The van der Waals surface area contributed by atoms with Crippen LogP contribution in [0.25, 0.3) is 6.08 Å². The van der Waals surface area contributed by atoms with E-state index in [1.54, 1.807) is 7.11 Å². The molecule has 0 bridgehead atoms. The summed E-state index contributed by atoms with van der Waals surface area (Å²) in [5.74, 6) is 1.49. The van der Waals surface area contributed by atoms with E-state index >= 15 is 0 Å². The number of nitrogens with one attached hydrogen (secondary N) is 1. The van der Waals surface area contributed by atoms with Gasteiger partial charge in [-0.2, -0.15) is 0 Å². The van der Waals surface area contributed by atoms with Crippen LogP contribution in [-0.2, 0) is 0 Å². The summed E-state index contributed by atoms with van der Waals surface area (Å²) in [6.07, 6.45) is 5.61. The molecule has 1 atom stereocenters. The molecule has 5 heteroatoms. The Morgan fingerprint density at radius 2 is 2.00 bits per heavy atom. The van der Waals surface area contributed by atoms with Gasteiger partial charge >= 0.3 is 0 Å². The van der Waals surface area contributed by atoms with Gasteiger partial charge in [0.25, 0.3) is 0 Å². The summed E-state index contributed by atoms with van der Waals surface area (Å²) in [7, 11) is 1.72. The van der Waals surface area contributed by atoms with Crippen LogP contribution >= 0.6 is 0 Å². The number of ether oxygens (including phenoxy) is 1. The number of aromatic nitrogens is 1. The number of anilines is 1. The minimum absolute atomic E-state index is 0.565. The second-order valence-corrected chi connectivity index (χ2v) is 8.01. The lowest BCUT2D eigenvalue weighted by molar-refractivity contribution is 0.284. The Labute approximate surface area is 174 Å². The second kappa shape index (κ2) is 9.42. The Hall–Kier alpha value is -2.37. The third-order valence-electron chi connectivity index (χ3n) is 5.97. The summed E-state index contributed by atoms with van der Waals surface area (Å²) in [4.78, 5) is 9.84. The molecule has 1 aromatic heterocycles. The number of piperazine rings is 1. The summed E-state index contributed by atoms with van der Waals surface area (Å²) in [5.41, 5.74) is 4.86. The molecule has 0 spiro atoms. The first-order valence-electron chi connectivity index (χ1n) is 10.7. The van der Waals surface area contributed by atoms with Gasteiger partial charge in [0.05, 0.1) is 7.11 Å². The van der Waals surface area contributed by atoms with Crippen molar-refractivity contribution in [3.05, 3.63) is 59.4 Å². The number of aryl methyl sites for hydroxylation is 1. The van der Waals surface area contributed by atoms with Gasteiger partial charge < -0.3 is 15.0 Å². The van der Waals surface area contributed by atoms with Gasteiger partial charge in [-0.1, -0.05) is 30.4 Å². The highest BCUT2D eigenvalue weighted by molar-refractivity contribution is 5.57. The van der Waals surface area contributed by atoms with E-state index < -0.39 is 0 Å². The van der Waals surface area contributed by atoms with Crippen LogP contribution < -0.4 is 15.0 Å². The zero-order valence-electron chi connectivity index (χ0n) is 17.6. The van der Waals surface area contributed by atoms with E-state index in [4.69, 9.17) is 9.72 Å². The molecule has 0 unspecified atom stereocenters. The predicted molar refractivity (Wildman–Crippen MR) is 120 cm³/mol. The first-order chi connectivity index (χ1) is 14.2. The van der Waals surface area contributed by atoms with Gasteiger partial charge in [-0.3, -0.25) is 9.88 Å². The molecular weight excluding hydrogens is 360 g/mol. The fourth-order valence-electron chi connectivity index (χ4n) is 4.30. The van der Waals surface area contributed by atoms with Crippen LogP contribution in [0.3, 0.4) is 0 Å². The van der Waals surface area contributed by atoms with Gasteiger partial charge in [0.2, 0.25) is 0 Å². The smallest absolute Gasteiger partial charge is 0.126 e. The van der Waals surface area contributed by atoms with E-state index in [1.165, 1.54) is 17.8 Å². The standard InChI is InChI=1S/C24H32N4O/c1-19-16-22(17-23(26-19)21-9-10-25-18-21)28-14-12-27(13-15-28)11-5-7-20-6-3-4-8-24(20)29-2/h3-8,16-17,21,25H,9-15,18H2,1-2H3/b7-5+/t21-/m0/s1. The van der Waals surface area contributed by atoms with E-state index in [9.17, 15) is 0 Å². The zero-order chi connectivity index (χ0) is 20.1. The molecule has 2 fully saturated rings. The van der Waals surface area contributed by atoms with Gasteiger partial charge in [0.1, 0.15) is 5.75 Å². The summed E-state index contributed by atoms with van der Waals surface area (Å²) >= 11 is 0. The maximum Gasteiger partial charge on any atom is 0.126 e. The first kappa shape index (κ1) is 19.9. The van der Waals surface area contributed by atoms with E-state index in [-0.39, 0.29) is 0 Å². The molecule has 154 valence electrons. The number of methoxy groups -OCH3 is 1. The van der Waals surface area contributed by atoms with E-state index in [0.717, 1.165) is 62.8 Å². The van der Waals surface area contributed by atoms with Crippen LogP contribution in [0.15, 0.2) is 42.5 Å². The van der Waals surface area contributed by atoms with Crippen LogP contribution in [0.4, 0.5) is 5.69 Å². The van der Waals surface area contributed by atoms with Crippen LogP contribution in [0.1, 0.15) is 29.3 Å². The molecular formula is C24H32N4O. The summed E-state index contributed by atoms with van der Waals surface area (Å²) in [6.45, 7) is 9.55. The van der Waals surface area contributed by atoms with Crippen molar-refractivity contribution in [2.75, 3.05) is 57.8 Å². The average Bonchev–Trinajstić information content (AvgIpc) is 3.29. The summed E-state index contributed by atoms with van der Waals surface area (Å²) in [5, 5.41) is 3.46. The molecule has 1 aromatic carbocycles. The monoisotopic (exact) mass is 392 g/mol. The fourth-order valence-corrected chi connectivity index (χ4v) is 4.30. The Bertz CT molecular complexity index is 837. The van der Waals surface area contributed by atoms with Crippen molar-refractivity contribution in [1.82, 2.24) is 15.2 Å². The highest BCUT2D eigenvalue weighted by Crippen LogP contribution is 2.26. The molecule has 2 aliphatic rings. The van der Waals surface area contributed by atoms with Crippen molar-refractivity contribution in [2.24, 2.45) is 0 Å². The molecule has 1 N–H and O–H groups in total. The Morgan fingerprint density at radius 3 is 2.76 bits per heavy atom. The topological polar surface area (TPSA) is 40.6 Å². The van der Waals surface area contributed by atoms with Gasteiger partial charge in [0, 0.05) is 67.8 Å².